The minimum atomic E-state index is -1.26. The number of aliphatic carboxylic acids is 1. The van der Waals surface area contributed by atoms with Gasteiger partial charge in [-0.25, -0.2) is 14.4 Å². The van der Waals surface area contributed by atoms with E-state index in [0.29, 0.717) is 5.69 Å². The largest absolute Gasteiger partial charge is 0.478 e. The number of benzene rings is 2. The number of carboxylic acids is 1. The Kier molecular flexibility index (Phi) is 6.40. The molecule has 1 aromatic heterocycles. The molecule has 4 rings (SSSR count). The summed E-state index contributed by atoms with van der Waals surface area (Å²) in [5.41, 5.74) is 0.209. The van der Waals surface area contributed by atoms with Gasteiger partial charge in [-0.2, -0.15) is 9.36 Å². The number of carbonyl (C=O) groups excluding carboxylic acids is 1. The van der Waals surface area contributed by atoms with Crippen molar-refractivity contribution in [1.82, 2.24) is 30.0 Å². The maximum Gasteiger partial charge on any atom is 0.368 e. The van der Waals surface area contributed by atoms with Gasteiger partial charge in [-0.15, -0.1) is 0 Å². The molecule has 0 spiro atoms. The molecule has 2 heterocycles. The molecule has 0 fully saturated rings. The molecule has 2 aromatic carbocycles. The molecule has 1 aliphatic heterocycles. The molecule has 3 aromatic rings. The van der Waals surface area contributed by atoms with Crippen molar-refractivity contribution in [3.05, 3.63) is 92.0 Å². The SMILES string of the molecule is CC1=C(C(=O)O)C(c2cccc([N+](=O)[O-])c2)N(CCCn2nnn(-c3ccccc3)c2=O)C(=O)N1. The highest BCUT2D eigenvalue weighted by molar-refractivity contribution is 5.93. The lowest BCUT2D eigenvalue weighted by Gasteiger charge is -2.37. The van der Waals surface area contributed by atoms with E-state index >= 15 is 0 Å². The highest BCUT2D eigenvalue weighted by Crippen LogP contribution is 2.35. The second-order valence-corrected chi connectivity index (χ2v) is 7.81. The summed E-state index contributed by atoms with van der Waals surface area (Å²) in [6, 6.07) is 12.7. The Hall–Kier alpha value is -4.81. The molecule has 1 unspecified atom stereocenters. The first-order valence-electron chi connectivity index (χ1n) is 10.6. The minimum Gasteiger partial charge on any atom is -0.478 e. The van der Waals surface area contributed by atoms with Gasteiger partial charge in [0, 0.05) is 30.9 Å². The van der Waals surface area contributed by atoms with Gasteiger partial charge in [0.1, 0.15) is 0 Å². The molecule has 0 saturated carbocycles. The van der Waals surface area contributed by atoms with Crippen LogP contribution in [-0.4, -0.2) is 53.3 Å². The number of nitrogens with zero attached hydrogens (tertiary/aromatic N) is 6. The van der Waals surface area contributed by atoms with E-state index in [9.17, 15) is 29.6 Å². The zero-order chi connectivity index (χ0) is 25.1. The van der Waals surface area contributed by atoms with Gasteiger partial charge in [0.15, 0.2) is 0 Å². The molecule has 0 saturated heterocycles. The number of aryl methyl sites for hydroxylation is 1. The summed E-state index contributed by atoms with van der Waals surface area (Å²) in [7, 11) is 0. The number of para-hydroxylation sites is 1. The summed E-state index contributed by atoms with van der Waals surface area (Å²) >= 11 is 0. The van der Waals surface area contributed by atoms with Crippen molar-refractivity contribution >= 4 is 17.7 Å². The van der Waals surface area contributed by atoms with E-state index in [1.54, 1.807) is 24.3 Å². The van der Waals surface area contributed by atoms with Gasteiger partial charge in [-0.1, -0.05) is 30.3 Å². The molecule has 13 nitrogen and oxygen atoms in total. The number of allylic oxidation sites excluding steroid dienone is 1. The van der Waals surface area contributed by atoms with E-state index in [0.717, 1.165) is 9.36 Å². The number of tetrazole rings is 1. The number of aromatic nitrogens is 4. The molecule has 2 amide bonds. The molecular formula is C22H21N7O6. The van der Waals surface area contributed by atoms with Gasteiger partial charge in [-0.05, 0) is 41.5 Å². The number of nitrogens with one attached hydrogen (secondary N) is 1. The first kappa shape index (κ1) is 23.4. The third-order valence-electron chi connectivity index (χ3n) is 5.58. The summed E-state index contributed by atoms with van der Waals surface area (Å²) in [5, 5.41) is 31.4. The van der Waals surface area contributed by atoms with E-state index in [-0.39, 0.29) is 42.0 Å². The molecule has 180 valence electrons. The number of urea groups is 1. The number of carbonyl (C=O) groups is 2. The number of nitro benzene ring substituents is 1. The Balaban J connectivity index is 1.59. The number of rotatable bonds is 8. The maximum atomic E-state index is 12.8. The van der Waals surface area contributed by atoms with Crippen molar-refractivity contribution in [3.8, 4) is 5.69 Å². The number of amides is 2. The zero-order valence-electron chi connectivity index (χ0n) is 18.6. The second-order valence-electron chi connectivity index (χ2n) is 7.81. The number of carboxylic acid groups (broad SMARTS) is 1. The van der Waals surface area contributed by atoms with Crippen LogP contribution in [0.25, 0.3) is 5.69 Å². The second kappa shape index (κ2) is 9.59. The number of hydrogen-bond donors (Lipinski definition) is 2. The van der Waals surface area contributed by atoms with Crippen LogP contribution in [0.2, 0.25) is 0 Å². The topological polar surface area (TPSA) is 165 Å². The predicted octanol–water partition coefficient (Wildman–Crippen LogP) is 1.85. The average Bonchev–Trinajstić information content (AvgIpc) is 3.20. The fraction of sp³-hybridized carbons (Fsp3) is 0.227. The Morgan fingerprint density at radius 2 is 1.86 bits per heavy atom. The molecule has 1 aliphatic rings. The summed E-state index contributed by atoms with van der Waals surface area (Å²) < 4.78 is 2.30. The van der Waals surface area contributed by atoms with Crippen LogP contribution in [0.15, 0.2) is 70.7 Å². The van der Waals surface area contributed by atoms with Crippen LogP contribution < -0.4 is 11.0 Å². The lowest BCUT2D eigenvalue weighted by Crippen LogP contribution is -2.49. The third-order valence-corrected chi connectivity index (χ3v) is 5.58. The summed E-state index contributed by atoms with van der Waals surface area (Å²) in [6.07, 6.45) is 0.248. The monoisotopic (exact) mass is 479 g/mol. The molecular weight excluding hydrogens is 458 g/mol. The number of hydrogen-bond acceptors (Lipinski definition) is 7. The highest BCUT2D eigenvalue weighted by atomic mass is 16.6. The van der Waals surface area contributed by atoms with Crippen LogP contribution in [0, 0.1) is 10.1 Å². The highest BCUT2D eigenvalue weighted by Gasteiger charge is 2.38. The van der Waals surface area contributed by atoms with Gasteiger partial charge in [0.05, 0.1) is 22.2 Å². The van der Waals surface area contributed by atoms with Crippen molar-refractivity contribution < 1.29 is 19.6 Å². The van der Waals surface area contributed by atoms with Gasteiger partial charge >= 0.3 is 17.7 Å². The lowest BCUT2D eigenvalue weighted by molar-refractivity contribution is -0.384. The Bertz CT molecular complexity index is 1380. The molecule has 1 atom stereocenters. The van der Waals surface area contributed by atoms with Crippen LogP contribution in [0.5, 0.6) is 0 Å². The van der Waals surface area contributed by atoms with Gasteiger partial charge in [0.2, 0.25) is 0 Å². The van der Waals surface area contributed by atoms with E-state index in [2.05, 4.69) is 15.7 Å². The van der Waals surface area contributed by atoms with Gasteiger partial charge in [-0.3, -0.25) is 10.1 Å². The first-order chi connectivity index (χ1) is 16.8. The quantitative estimate of drug-likeness (QED) is 0.365. The smallest absolute Gasteiger partial charge is 0.368 e. The third kappa shape index (κ3) is 4.64. The molecule has 13 heteroatoms. The Labute approximate surface area is 198 Å². The normalized spacial score (nSPS) is 15.7. The summed E-state index contributed by atoms with van der Waals surface area (Å²) in [6.45, 7) is 1.63. The fourth-order valence-electron chi connectivity index (χ4n) is 3.98. The number of non-ortho nitro benzene ring substituents is 1. The standard InChI is InChI=1S/C22H21N7O6/c1-14-18(20(30)31)19(15-7-5-10-17(13-15)29(34)35)26(21(32)23-14)11-6-12-27-22(33)28(25-24-27)16-8-3-2-4-9-16/h2-5,7-10,13,19H,6,11-12H2,1H3,(H,23,32)(H,30,31). The van der Waals surface area contributed by atoms with E-state index < -0.39 is 28.7 Å². The van der Waals surface area contributed by atoms with Crippen molar-refractivity contribution in [2.24, 2.45) is 0 Å². The summed E-state index contributed by atoms with van der Waals surface area (Å²) in [4.78, 5) is 49.5. The molecule has 0 bridgehead atoms. The van der Waals surface area contributed by atoms with Crippen LogP contribution in [0.4, 0.5) is 10.5 Å². The van der Waals surface area contributed by atoms with Crippen LogP contribution in [-0.2, 0) is 11.3 Å². The van der Waals surface area contributed by atoms with Crippen molar-refractivity contribution in [2.45, 2.75) is 25.9 Å². The Morgan fingerprint density at radius 1 is 1.11 bits per heavy atom. The van der Waals surface area contributed by atoms with E-state index in [4.69, 9.17) is 0 Å². The molecule has 35 heavy (non-hydrogen) atoms. The first-order valence-corrected chi connectivity index (χ1v) is 10.6. The molecule has 2 N–H and O–H groups in total. The van der Waals surface area contributed by atoms with Crippen molar-refractivity contribution in [2.75, 3.05) is 6.54 Å². The Morgan fingerprint density at radius 3 is 2.54 bits per heavy atom. The minimum absolute atomic E-state index is 0.0495. The van der Waals surface area contributed by atoms with Crippen molar-refractivity contribution in [1.29, 1.82) is 0 Å². The van der Waals surface area contributed by atoms with Crippen LogP contribution in [0.3, 0.4) is 0 Å². The van der Waals surface area contributed by atoms with E-state index in [1.807, 2.05) is 6.07 Å². The van der Waals surface area contributed by atoms with Crippen molar-refractivity contribution in [3.63, 3.8) is 0 Å². The van der Waals surface area contributed by atoms with Crippen LogP contribution in [0.1, 0.15) is 24.9 Å². The zero-order valence-corrected chi connectivity index (χ0v) is 18.6. The van der Waals surface area contributed by atoms with Crippen LogP contribution >= 0.6 is 0 Å². The summed E-state index contributed by atoms with van der Waals surface area (Å²) in [5.74, 6) is -1.26. The molecule has 0 radical (unpaired) electrons. The lowest BCUT2D eigenvalue weighted by atomic mass is 9.93. The maximum absolute atomic E-state index is 12.8. The van der Waals surface area contributed by atoms with Gasteiger partial charge in [0.25, 0.3) is 5.69 Å². The predicted molar refractivity (Wildman–Crippen MR) is 122 cm³/mol. The average molecular weight is 479 g/mol. The fourth-order valence-corrected chi connectivity index (χ4v) is 3.98. The van der Waals surface area contributed by atoms with E-state index in [1.165, 1.54) is 36.1 Å². The van der Waals surface area contributed by atoms with Gasteiger partial charge < -0.3 is 15.3 Å². The molecule has 0 aliphatic carbocycles. The number of nitro groups is 1.